The summed E-state index contributed by atoms with van der Waals surface area (Å²) < 4.78 is 24.6. The molecule has 0 aromatic heterocycles. The first-order chi connectivity index (χ1) is 9.36. The van der Waals surface area contributed by atoms with Gasteiger partial charge >= 0.3 is 0 Å². The van der Waals surface area contributed by atoms with Gasteiger partial charge in [0.25, 0.3) is 0 Å². The Morgan fingerprint density at radius 3 is 2.60 bits per heavy atom. The average Bonchev–Trinajstić information content (AvgIpc) is 2.38. The van der Waals surface area contributed by atoms with Crippen LogP contribution in [0.25, 0.3) is 0 Å². The van der Waals surface area contributed by atoms with Gasteiger partial charge in [-0.05, 0) is 31.6 Å². The molecule has 1 aliphatic heterocycles. The molecule has 20 heavy (non-hydrogen) atoms. The maximum Gasteiger partial charge on any atom is 0.224 e. The fourth-order valence-corrected chi connectivity index (χ4v) is 4.25. The smallest absolute Gasteiger partial charge is 0.224 e. The molecule has 1 N–H and O–H groups in total. The van der Waals surface area contributed by atoms with Crippen molar-refractivity contribution in [1.29, 1.82) is 0 Å². The first kappa shape index (κ1) is 15.8. The summed E-state index contributed by atoms with van der Waals surface area (Å²) in [6, 6.07) is 0.278. The normalized spacial score (nSPS) is 32.8. The van der Waals surface area contributed by atoms with Crippen LogP contribution in [0.15, 0.2) is 0 Å². The fraction of sp³-hybridized carbons (Fsp3) is 0.929. The molecule has 2 fully saturated rings. The Bertz CT molecular complexity index is 449. The third kappa shape index (κ3) is 4.19. The van der Waals surface area contributed by atoms with E-state index in [2.05, 4.69) is 12.2 Å². The number of amides is 1. The molecule has 1 saturated heterocycles. The Labute approximate surface area is 122 Å². The zero-order valence-electron chi connectivity index (χ0n) is 12.5. The molecule has 2 aliphatic rings. The molecule has 116 valence electrons. The third-order valence-corrected chi connectivity index (χ3v) is 5.78. The second kappa shape index (κ2) is 6.43. The van der Waals surface area contributed by atoms with Crippen molar-refractivity contribution in [2.45, 2.75) is 51.5 Å². The molecule has 0 aromatic carbocycles. The molecule has 1 saturated carbocycles. The Kier molecular flexibility index (Phi) is 5.07. The van der Waals surface area contributed by atoms with E-state index in [1.807, 2.05) is 0 Å². The highest BCUT2D eigenvalue weighted by Gasteiger charge is 2.31. The van der Waals surface area contributed by atoms with Crippen molar-refractivity contribution in [3.8, 4) is 0 Å². The molecule has 6 heteroatoms. The Hall–Kier alpha value is -0.620. The third-order valence-electron chi connectivity index (χ3n) is 4.51. The number of carbonyl (C=O) groups is 1. The molecule has 0 aromatic rings. The van der Waals surface area contributed by atoms with Crippen LogP contribution in [0.4, 0.5) is 0 Å². The average molecular weight is 302 g/mol. The largest absolute Gasteiger partial charge is 0.353 e. The van der Waals surface area contributed by atoms with E-state index in [1.54, 1.807) is 0 Å². The minimum Gasteiger partial charge on any atom is -0.353 e. The van der Waals surface area contributed by atoms with Gasteiger partial charge in [-0.25, -0.2) is 12.7 Å². The van der Waals surface area contributed by atoms with E-state index in [1.165, 1.54) is 23.4 Å². The second-order valence-corrected chi connectivity index (χ2v) is 8.42. The molecule has 3 atom stereocenters. The van der Waals surface area contributed by atoms with Crippen LogP contribution in [0.5, 0.6) is 0 Å². The Morgan fingerprint density at radius 1 is 1.20 bits per heavy atom. The summed E-state index contributed by atoms with van der Waals surface area (Å²) in [5.74, 6) is 0.529. The molecular weight excluding hydrogens is 276 g/mol. The van der Waals surface area contributed by atoms with E-state index < -0.39 is 10.0 Å². The summed E-state index contributed by atoms with van der Waals surface area (Å²) in [6.07, 6.45) is 7.30. The number of nitrogens with zero attached hydrogens (tertiary/aromatic N) is 1. The van der Waals surface area contributed by atoms with Crippen molar-refractivity contribution in [3.63, 3.8) is 0 Å². The Balaban J connectivity index is 1.88. The molecule has 3 unspecified atom stereocenters. The van der Waals surface area contributed by atoms with Gasteiger partial charge in [-0.1, -0.05) is 19.8 Å². The minimum absolute atomic E-state index is 0.0393. The van der Waals surface area contributed by atoms with Crippen LogP contribution in [-0.2, 0) is 14.8 Å². The van der Waals surface area contributed by atoms with Gasteiger partial charge < -0.3 is 5.32 Å². The van der Waals surface area contributed by atoms with Gasteiger partial charge in [0.15, 0.2) is 0 Å². The zero-order valence-corrected chi connectivity index (χ0v) is 13.3. The van der Waals surface area contributed by atoms with Crippen molar-refractivity contribution >= 4 is 15.9 Å². The topological polar surface area (TPSA) is 66.5 Å². The van der Waals surface area contributed by atoms with Crippen LogP contribution < -0.4 is 5.32 Å². The lowest BCUT2D eigenvalue weighted by molar-refractivity contribution is -0.127. The highest BCUT2D eigenvalue weighted by atomic mass is 32.2. The lowest BCUT2D eigenvalue weighted by Gasteiger charge is -2.33. The predicted molar refractivity (Wildman–Crippen MR) is 78.7 cm³/mol. The fourth-order valence-electron chi connectivity index (χ4n) is 3.34. The molecule has 1 heterocycles. The molecule has 1 amide bonds. The van der Waals surface area contributed by atoms with Crippen LogP contribution in [-0.4, -0.2) is 44.0 Å². The summed E-state index contributed by atoms with van der Waals surface area (Å²) in [5.41, 5.74) is 0. The van der Waals surface area contributed by atoms with Crippen LogP contribution >= 0.6 is 0 Å². The summed E-state index contributed by atoms with van der Waals surface area (Å²) in [6.45, 7) is 3.11. The number of hydrogen-bond donors (Lipinski definition) is 1. The van der Waals surface area contributed by atoms with E-state index in [-0.39, 0.29) is 17.9 Å². The molecular formula is C14H26N2O3S. The van der Waals surface area contributed by atoms with E-state index in [9.17, 15) is 13.2 Å². The summed E-state index contributed by atoms with van der Waals surface area (Å²) in [7, 11) is -3.18. The molecule has 0 bridgehead atoms. The first-order valence-corrected chi connectivity index (χ1v) is 9.46. The van der Waals surface area contributed by atoms with Crippen molar-refractivity contribution in [1.82, 2.24) is 9.62 Å². The van der Waals surface area contributed by atoms with Crippen molar-refractivity contribution in [2.24, 2.45) is 11.8 Å². The zero-order chi connectivity index (χ0) is 14.8. The van der Waals surface area contributed by atoms with Crippen molar-refractivity contribution in [2.75, 3.05) is 19.3 Å². The monoisotopic (exact) mass is 302 g/mol. The summed E-state index contributed by atoms with van der Waals surface area (Å²) in [5, 5.41) is 3.13. The lowest BCUT2D eigenvalue weighted by atomic mass is 9.86. The van der Waals surface area contributed by atoms with Crippen LogP contribution in [0.3, 0.4) is 0 Å². The van der Waals surface area contributed by atoms with Gasteiger partial charge in [0.2, 0.25) is 15.9 Å². The van der Waals surface area contributed by atoms with Gasteiger partial charge in [-0.3, -0.25) is 4.79 Å². The highest BCUT2D eigenvalue weighted by molar-refractivity contribution is 7.88. The number of piperidine rings is 1. The lowest BCUT2D eigenvalue weighted by Crippen LogP contribution is -2.48. The molecule has 2 rings (SSSR count). The number of sulfonamides is 1. The number of hydrogen-bond acceptors (Lipinski definition) is 3. The predicted octanol–water partition coefficient (Wildman–Crippen LogP) is 1.35. The van der Waals surface area contributed by atoms with Gasteiger partial charge in [0, 0.05) is 19.1 Å². The maximum atomic E-state index is 12.3. The van der Waals surface area contributed by atoms with Crippen LogP contribution in [0, 0.1) is 11.8 Å². The molecule has 5 nitrogen and oxygen atoms in total. The number of nitrogens with one attached hydrogen (secondary N) is 1. The van der Waals surface area contributed by atoms with E-state index in [4.69, 9.17) is 0 Å². The maximum absolute atomic E-state index is 12.3. The van der Waals surface area contributed by atoms with Gasteiger partial charge in [0.1, 0.15) is 0 Å². The molecule has 0 spiro atoms. The quantitative estimate of drug-likeness (QED) is 0.856. The first-order valence-electron chi connectivity index (χ1n) is 7.61. The standard InChI is InChI=1S/C14H26N2O3S/c1-11-5-3-7-13(9-11)15-14(17)12-6-4-8-16(10-12)20(2,18)19/h11-13H,3-10H2,1-2H3,(H,15,17). The minimum atomic E-state index is -3.18. The van der Waals surface area contributed by atoms with Crippen LogP contribution in [0.1, 0.15) is 45.4 Å². The molecule has 0 radical (unpaired) electrons. The molecule has 1 aliphatic carbocycles. The van der Waals surface area contributed by atoms with E-state index in [0.717, 1.165) is 25.7 Å². The van der Waals surface area contributed by atoms with Gasteiger partial charge in [-0.15, -0.1) is 0 Å². The summed E-state index contributed by atoms with van der Waals surface area (Å²) >= 11 is 0. The SMILES string of the molecule is CC1CCCC(NC(=O)C2CCCN(S(C)(=O)=O)C2)C1. The second-order valence-electron chi connectivity index (χ2n) is 6.44. The van der Waals surface area contributed by atoms with Crippen LogP contribution in [0.2, 0.25) is 0 Å². The highest BCUT2D eigenvalue weighted by Crippen LogP contribution is 2.25. The van der Waals surface area contributed by atoms with Gasteiger partial charge in [0.05, 0.1) is 12.2 Å². The van der Waals surface area contributed by atoms with E-state index >= 15 is 0 Å². The van der Waals surface area contributed by atoms with Crippen molar-refractivity contribution < 1.29 is 13.2 Å². The summed E-state index contributed by atoms with van der Waals surface area (Å²) in [4.78, 5) is 12.3. The number of carbonyl (C=O) groups excluding carboxylic acids is 1. The van der Waals surface area contributed by atoms with Crippen molar-refractivity contribution in [3.05, 3.63) is 0 Å². The number of rotatable bonds is 3. The van der Waals surface area contributed by atoms with E-state index in [0.29, 0.717) is 19.0 Å². The Morgan fingerprint density at radius 2 is 1.95 bits per heavy atom. The van der Waals surface area contributed by atoms with Gasteiger partial charge in [-0.2, -0.15) is 0 Å².